The van der Waals surface area contributed by atoms with Crippen molar-refractivity contribution in [3.63, 3.8) is 0 Å². The lowest BCUT2D eigenvalue weighted by Gasteiger charge is -2.44. The zero-order valence-electron chi connectivity index (χ0n) is 15.1. The molecule has 24 heavy (non-hydrogen) atoms. The first-order chi connectivity index (χ1) is 11.5. The van der Waals surface area contributed by atoms with Crippen LogP contribution in [0.15, 0.2) is 18.3 Å². The number of amides is 1. The van der Waals surface area contributed by atoms with Gasteiger partial charge in [-0.15, -0.1) is 0 Å². The molecule has 1 atom stereocenters. The topological polar surface area (TPSA) is 45.7 Å². The maximum Gasteiger partial charge on any atom is 0.255 e. The minimum atomic E-state index is 0.0623. The highest BCUT2D eigenvalue weighted by atomic mass is 16.5. The van der Waals surface area contributed by atoms with E-state index in [0.717, 1.165) is 57.9 Å². The third-order valence-electron chi connectivity index (χ3n) is 5.31. The van der Waals surface area contributed by atoms with E-state index in [1.807, 2.05) is 24.0 Å². The summed E-state index contributed by atoms with van der Waals surface area (Å²) in [6.07, 6.45) is 3.87. The number of carbonyl (C=O) groups is 1. The Morgan fingerprint density at radius 1 is 1.29 bits per heavy atom. The van der Waals surface area contributed by atoms with Crippen LogP contribution in [0, 0.1) is 12.3 Å². The van der Waals surface area contributed by atoms with Gasteiger partial charge >= 0.3 is 0 Å². The predicted molar refractivity (Wildman–Crippen MR) is 94.1 cm³/mol. The second-order valence-electron chi connectivity index (χ2n) is 7.64. The van der Waals surface area contributed by atoms with Gasteiger partial charge in [-0.3, -0.25) is 14.7 Å². The molecule has 0 saturated carbocycles. The maximum absolute atomic E-state index is 12.9. The van der Waals surface area contributed by atoms with E-state index >= 15 is 0 Å². The lowest BCUT2D eigenvalue weighted by atomic mass is 9.79. The summed E-state index contributed by atoms with van der Waals surface area (Å²) in [5, 5.41) is 0. The highest BCUT2D eigenvalue weighted by molar-refractivity contribution is 5.94. The molecule has 0 radical (unpaired) electrons. The van der Waals surface area contributed by atoms with Crippen LogP contribution in [0.4, 0.5) is 0 Å². The molecule has 5 nitrogen and oxygen atoms in total. The van der Waals surface area contributed by atoms with Crippen LogP contribution in [-0.4, -0.2) is 66.1 Å². The number of pyridine rings is 1. The number of hydrogen-bond acceptors (Lipinski definition) is 4. The Balaban J connectivity index is 1.75. The van der Waals surface area contributed by atoms with Crippen LogP contribution in [0.25, 0.3) is 0 Å². The number of aryl methyl sites for hydroxylation is 1. The largest absolute Gasteiger partial charge is 0.379 e. The maximum atomic E-state index is 12.9. The molecule has 3 rings (SSSR count). The Hall–Kier alpha value is -1.46. The molecule has 2 aliphatic heterocycles. The Bertz CT molecular complexity index is 572. The average Bonchev–Trinajstić information content (AvgIpc) is 2.78. The number of likely N-dealkylation sites (tertiary alicyclic amines) is 1. The zero-order valence-corrected chi connectivity index (χ0v) is 15.1. The smallest absolute Gasteiger partial charge is 0.255 e. The van der Waals surface area contributed by atoms with Crippen molar-refractivity contribution in [1.29, 1.82) is 0 Å². The van der Waals surface area contributed by atoms with Crippen LogP contribution < -0.4 is 0 Å². The molecule has 1 aromatic rings. The van der Waals surface area contributed by atoms with Gasteiger partial charge in [0.1, 0.15) is 0 Å². The molecule has 2 saturated heterocycles. The third-order valence-corrected chi connectivity index (χ3v) is 5.31. The summed E-state index contributed by atoms with van der Waals surface area (Å²) in [5.41, 5.74) is 1.69. The normalized spacial score (nSPS) is 25.9. The SMILES string of the molecule is Cc1ccc(C(=O)N2CCC[C@@]3(COCCN(C(C)C)C3)C2)cn1. The lowest BCUT2D eigenvalue weighted by molar-refractivity contribution is 0.00571. The van der Waals surface area contributed by atoms with E-state index < -0.39 is 0 Å². The van der Waals surface area contributed by atoms with Crippen LogP contribution in [0.3, 0.4) is 0 Å². The van der Waals surface area contributed by atoms with Gasteiger partial charge in [-0.2, -0.15) is 0 Å². The molecule has 0 aliphatic carbocycles. The Morgan fingerprint density at radius 2 is 2.12 bits per heavy atom. The second kappa shape index (κ2) is 7.19. The van der Waals surface area contributed by atoms with Crippen LogP contribution in [0.5, 0.6) is 0 Å². The monoisotopic (exact) mass is 331 g/mol. The van der Waals surface area contributed by atoms with Gasteiger partial charge in [-0.25, -0.2) is 0 Å². The molecular formula is C19H29N3O2. The van der Waals surface area contributed by atoms with Crippen molar-refractivity contribution in [2.45, 2.75) is 39.7 Å². The minimum Gasteiger partial charge on any atom is -0.379 e. The number of carbonyl (C=O) groups excluding carboxylic acids is 1. The van der Waals surface area contributed by atoms with Crippen LogP contribution in [-0.2, 0) is 4.74 Å². The van der Waals surface area contributed by atoms with E-state index in [0.29, 0.717) is 11.6 Å². The Kier molecular flexibility index (Phi) is 5.21. The number of rotatable bonds is 2. The molecule has 1 aromatic heterocycles. The van der Waals surface area contributed by atoms with Crippen molar-refractivity contribution >= 4 is 5.91 Å². The summed E-state index contributed by atoms with van der Waals surface area (Å²) >= 11 is 0. The molecule has 2 fully saturated rings. The Morgan fingerprint density at radius 3 is 2.83 bits per heavy atom. The summed E-state index contributed by atoms with van der Waals surface area (Å²) in [4.78, 5) is 21.6. The van der Waals surface area contributed by atoms with Gasteiger partial charge in [-0.1, -0.05) is 0 Å². The first kappa shape index (κ1) is 17.4. The van der Waals surface area contributed by atoms with Crippen LogP contribution in [0.2, 0.25) is 0 Å². The molecule has 0 aromatic carbocycles. The number of nitrogens with zero attached hydrogens (tertiary/aromatic N) is 3. The van der Waals surface area contributed by atoms with E-state index in [1.54, 1.807) is 6.20 Å². The minimum absolute atomic E-state index is 0.0623. The van der Waals surface area contributed by atoms with E-state index in [2.05, 4.69) is 23.7 Å². The number of aromatic nitrogens is 1. The highest BCUT2D eigenvalue weighted by Crippen LogP contribution is 2.34. The van der Waals surface area contributed by atoms with E-state index in [4.69, 9.17) is 4.74 Å². The second-order valence-corrected chi connectivity index (χ2v) is 7.64. The van der Waals surface area contributed by atoms with Gasteiger partial charge in [-0.05, 0) is 45.7 Å². The van der Waals surface area contributed by atoms with E-state index in [1.165, 1.54) is 0 Å². The van der Waals surface area contributed by atoms with Gasteiger partial charge in [0.25, 0.3) is 5.91 Å². The number of piperidine rings is 1. The van der Waals surface area contributed by atoms with Gasteiger partial charge in [0, 0.05) is 49.5 Å². The Labute approximate surface area is 145 Å². The molecule has 2 aliphatic rings. The summed E-state index contributed by atoms with van der Waals surface area (Å²) in [6, 6.07) is 4.30. The van der Waals surface area contributed by atoms with Crippen LogP contribution in [0.1, 0.15) is 42.7 Å². The van der Waals surface area contributed by atoms with Crippen molar-refractivity contribution in [2.24, 2.45) is 5.41 Å². The summed E-state index contributed by atoms with van der Waals surface area (Å²) < 4.78 is 5.93. The summed E-state index contributed by atoms with van der Waals surface area (Å²) in [6.45, 7) is 11.6. The van der Waals surface area contributed by atoms with Gasteiger partial charge in [0.15, 0.2) is 0 Å². The molecular weight excluding hydrogens is 302 g/mol. The molecule has 0 bridgehead atoms. The lowest BCUT2D eigenvalue weighted by Crippen LogP contribution is -2.53. The van der Waals surface area contributed by atoms with E-state index in [9.17, 15) is 4.79 Å². The van der Waals surface area contributed by atoms with E-state index in [-0.39, 0.29) is 11.3 Å². The third kappa shape index (κ3) is 3.78. The van der Waals surface area contributed by atoms with Crippen molar-refractivity contribution < 1.29 is 9.53 Å². The average molecular weight is 331 g/mol. The predicted octanol–water partition coefficient (Wildman–Crippen LogP) is 2.35. The van der Waals surface area contributed by atoms with Gasteiger partial charge in [0.2, 0.25) is 0 Å². The molecule has 0 unspecified atom stereocenters. The number of ether oxygens (including phenoxy) is 1. The summed E-state index contributed by atoms with van der Waals surface area (Å²) in [5.74, 6) is 0.0990. The zero-order chi connectivity index (χ0) is 17.2. The van der Waals surface area contributed by atoms with Crippen molar-refractivity contribution in [2.75, 3.05) is 39.4 Å². The van der Waals surface area contributed by atoms with Gasteiger partial charge in [0.05, 0.1) is 18.8 Å². The van der Waals surface area contributed by atoms with Crippen molar-refractivity contribution in [3.05, 3.63) is 29.6 Å². The standard InChI is InChI=1S/C19H29N3O2/c1-15(2)21-9-10-24-14-19(12-21)7-4-8-22(13-19)18(23)17-6-5-16(3)20-11-17/h5-6,11,15H,4,7-10,12-14H2,1-3H3/t19-/m0/s1. The first-order valence-electron chi connectivity index (χ1n) is 9.03. The molecule has 0 N–H and O–H groups in total. The highest BCUT2D eigenvalue weighted by Gasteiger charge is 2.40. The number of hydrogen-bond donors (Lipinski definition) is 0. The van der Waals surface area contributed by atoms with Crippen molar-refractivity contribution in [1.82, 2.24) is 14.8 Å². The molecule has 132 valence electrons. The molecule has 1 amide bonds. The van der Waals surface area contributed by atoms with Crippen molar-refractivity contribution in [3.8, 4) is 0 Å². The quantitative estimate of drug-likeness (QED) is 0.834. The molecule has 5 heteroatoms. The summed E-state index contributed by atoms with van der Waals surface area (Å²) in [7, 11) is 0. The molecule has 1 spiro atoms. The first-order valence-corrected chi connectivity index (χ1v) is 9.03. The molecule has 3 heterocycles. The fraction of sp³-hybridized carbons (Fsp3) is 0.684. The fourth-order valence-electron chi connectivity index (χ4n) is 3.87. The van der Waals surface area contributed by atoms with Gasteiger partial charge < -0.3 is 9.64 Å². The van der Waals surface area contributed by atoms with Crippen LogP contribution >= 0.6 is 0 Å². The fourth-order valence-corrected chi connectivity index (χ4v) is 3.87.